The fourth-order valence-electron chi connectivity index (χ4n) is 3.50. The molecule has 4 heterocycles. The molecule has 0 aromatic carbocycles. The summed E-state index contributed by atoms with van der Waals surface area (Å²) in [6, 6.07) is 3.98. The Kier molecular flexibility index (Phi) is 4.08. The molecular formula is C17H23N3O2. The van der Waals surface area contributed by atoms with Crippen molar-refractivity contribution in [3.63, 3.8) is 0 Å². The van der Waals surface area contributed by atoms with E-state index in [0.29, 0.717) is 0 Å². The largest absolute Gasteiger partial charge is 0.376 e. The SMILES string of the molecule is c1cnc2c(c1)nc(C1CCCCO1)n2CC1CCCCO1. The molecule has 2 atom stereocenters. The monoisotopic (exact) mass is 301 g/mol. The van der Waals surface area contributed by atoms with Crippen LogP contribution in [0.1, 0.15) is 50.5 Å². The maximum absolute atomic E-state index is 5.97. The summed E-state index contributed by atoms with van der Waals surface area (Å²) < 4.78 is 14.1. The Morgan fingerprint density at radius 1 is 1.09 bits per heavy atom. The Hall–Kier alpha value is -1.46. The van der Waals surface area contributed by atoms with E-state index in [1.165, 1.54) is 19.3 Å². The first-order valence-corrected chi connectivity index (χ1v) is 8.46. The van der Waals surface area contributed by atoms with Crippen molar-refractivity contribution in [1.29, 1.82) is 0 Å². The molecule has 2 aromatic rings. The molecule has 22 heavy (non-hydrogen) atoms. The molecule has 2 saturated heterocycles. The van der Waals surface area contributed by atoms with Gasteiger partial charge >= 0.3 is 0 Å². The van der Waals surface area contributed by atoms with Crippen molar-refractivity contribution >= 4 is 11.2 Å². The van der Waals surface area contributed by atoms with E-state index in [4.69, 9.17) is 14.5 Å². The second-order valence-corrected chi connectivity index (χ2v) is 6.27. The second-order valence-electron chi connectivity index (χ2n) is 6.27. The molecule has 0 amide bonds. The fourth-order valence-corrected chi connectivity index (χ4v) is 3.50. The van der Waals surface area contributed by atoms with Gasteiger partial charge in [0.15, 0.2) is 5.65 Å². The van der Waals surface area contributed by atoms with Gasteiger partial charge in [0.05, 0.1) is 12.6 Å². The van der Waals surface area contributed by atoms with Gasteiger partial charge in [0.1, 0.15) is 17.4 Å². The van der Waals surface area contributed by atoms with Crippen LogP contribution in [0, 0.1) is 0 Å². The van der Waals surface area contributed by atoms with Crippen LogP contribution in [0.2, 0.25) is 0 Å². The maximum atomic E-state index is 5.97. The summed E-state index contributed by atoms with van der Waals surface area (Å²) in [4.78, 5) is 9.37. The average Bonchev–Trinajstić information content (AvgIpc) is 2.95. The minimum absolute atomic E-state index is 0.103. The predicted octanol–water partition coefficient (Wildman–Crippen LogP) is 3.24. The van der Waals surface area contributed by atoms with Gasteiger partial charge in [-0.2, -0.15) is 0 Å². The average molecular weight is 301 g/mol. The standard InChI is InChI=1S/C17H23N3O2/c1-3-10-21-13(6-1)12-20-16-14(7-5-9-18-16)19-17(20)15-8-2-4-11-22-15/h5,7,9,13,15H,1-4,6,8,10-12H2. The number of hydrogen-bond acceptors (Lipinski definition) is 4. The maximum Gasteiger partial charge on any atom is 0.160 e. The number of hydrogen-bond donors (Lipinski definition) is 0. The highest BCUT2D eigenvalue weighted by Crippen LogP contribution is 2.30. The molecule has 2 fully saturated rings. The fraction of sp³-hybridized carbons (Fsp3) is 0.647. The minimum atomic E-state index is 0.103. The smallest absolute Gasteiger partial charge is 0.160 e. The normalized spacial score (nSPS) is 26.4. The summed E-state index contributed by atoms with van der Waals surface area (Å²) in [6.45, 7) is 2.55. The molecular weight excluding hydrogens is 278 g/mol. The molecule has 0 bridgehead atoms. The molecule has 2 aromatic heterocycles. The number of ether oxygens (including phenoxy) is 2. The Morgan fingerprint density at radius 2 is 1.95 bits per heavy atom. The zero-order valence-electron chi connectivity index (χ0n) is 12.9. The van der Waals surface area contributed by atoms with Crippen LogP contribution >= 0.6 is 0 Å². The highest BCUT2D eigenvalue weighted by atomic mass is 16.5. The molecule has 5 nitrogen and oxygen atoms in total. The lowest BCUT2D eigenvalue weighted by Crippen LogP contribution is -2.27. The molecule has 4 rings (SSSR count). The summed E-state index contributed by atoms with van der Waals surface area (Å²) in [5.74, 6) is 1.03. The molecule has 0 aliphatic carbocycles. The van der Waals surface area contributed by atoms with Crippen LogP contribution in [0.5, 0.6) is 0 Å². The van der Waals surface area contributed by atoms with E-state index in [2.05, 4.69) is 9.55 Å². The molecule has 0 saturated carbocycles. The zero-order valence-corrected chi connectivity index (χ0v) is 12.9. The molecule has 0 radical (unpaired) electrons. The summed E-state index contributed by atoms with van der Waals surface area (Å²) in [5.41, 5.74) is 1.92. The van der Waals surface area contributed by atoms with Gasteiger partial charge in [-0.25, -0.2) is 9.97 Å². The zero-order chi connectivity index (χ0) is 14.8. The van der Waals surface area contributed by atoms with Crippen molar-refractivity contribution in [3.8, 4) is 0 Å². The van der Waals surface area contributed by atoms with Crippen LogP contribution in [-0.2, 0) is 16.0 Å². The molecule has 118 valence electrons. The van der Waals surface area contributed by atoms with E-state index < -0.39 is 0 Å². The third-order valence-electron chi connectivity index (χ3n) is 4.66. The predicted molar refractivity (Wildman–Crippen MR) is 83.7 cm³/mol. The van der Waals surface area contributed by atoms with Crippen molar-refractivity contribution in [1.82, 2.24) is 14.5 Å². The Morgan fingerprint density at radius 3 is 2.73 bits per heavy atom. The summed E-state index contributed by atoms with van der Waals surface area (Å²) in [5, 5.41) is 0. The van der Waals surface area contributed by atoms with Crippen LogP contribution < -0.4 is 0 Å². The van der Waals surface area contributed by atoms with Crippen molar-refractivity contribution in [2.24, 2.45) is 0 Å². The molecule has 0 spiro atoms. The minimum Gasteiger partial charge on any atom is -0.376 e. The van der Waals surface area contributed by atoms with Gasteiger partial charge in [-0.15, -0.1) is 0 Å². The lowest BCUT2D eigenvalue weighted by atomic mass is 10.1. The number of nitrogens with zero attached hydrogens (tertiary/aromatic N) is 3. The highest BCUT2D eigenvalue weighted by molar-refractivity contribution is 5.71. The van der Waals surface area contributed by atoms with Crippen LogP contribution in [0.25, 0.3) is 11.2 Å². The third kappa shape index (κ3) is 2.75. The van der Waals surface area contributed by atoms with Crippen LogP contribution in [0.15, 0.2) is 18.3 Å². The van der Waals surface area contributed by atoms with E-state index >= 15 is 0 Å². The Bertz CT molecular complexity index is 628. The van der Waals surface area contributed by atoms with Crippen LogP contribution in [-0.4, -0.2) is 33.9 Å². The number of aromatic nitrogens is 3. The van der Waals surface area contributed by atoms with E-state index in [1.54, 1.807) is 0 Å². The number of imidazole rings is 1. The van der Waals surface area contributed by atoms with Crippen LogP contribution in [0.4, 0.5) is 0 Å². The Labute approximate surface area is 130 Å². The lowest BCUT2D eigenvalue weighted by Gasteiger charge is -2.26. The van der Waals surface area contributed by atoms with Gasteiger partial charge in [0.25, 0.3) is 0 Å². The molecule has 2 aliphatic heterocycles. The molecule has 0 N–H and O–H groups in total. The second kappa shape index (κ2) is 6.34. The van der Waals surface area contributed by atoms with E-state index in [-0.39, 0.29) is 12.2 Å². The van der Waals surface area contributed by atoms with Gasteiger partial charge in [-0.1, -0.05) is 0 Å². The first-order valence-electron chi connectivity index (χ1n) is 8.46. The Balaban J connectivity index is 1.69. The third-order valence-corrected chi connectivity index (χ3v) is 4.66. The van der Waals surface area contributed by atoms with Gasteiger partial charge < -0.3 is 14.0 Å². The van der Waals surface area contributed by atoms with Crippen LogP contribution in [0.3, 0.4) is 0 Å². The summed E-state index contributed by atoms with van der Waals surface area (Å²) in [7, 11) is 0. The van der Waals surface area contributed by atoms with Gasteiger partial charge in [0, 0.05) is 19.4 Å². The summed E-state index contributed by atoms with van der Waals surface area (Å²) >= 11 is 0. The lowest BCUT2D eigenvalue weighted by molar-refractivity contribution is -0.00604. The van der Waals surface area contributed by atoms with Crippen molar-refractivity contribution in [2.75, 3.05) is 13.2 Å². The highest BCUT2D eigenvalue weighted by Gasteiger charge is 2.25. The van der Waals surface area contributed by atoms with E-state index in [0.717, 1.165) is 56.0 Å². The quantitative estimate of drug-likeness (QED) is 0.873. The number of fused-ring (bicyclic) bond motifs is 1. The van der Waals surface area contributed by atoms with E-state index in [9.17, 15) is 0 Å². The molecule has 5 heteroatoms. The van der Waals surface area contributed by atoms with E-state index in [1.807, 2.05) is 18.3 Å². The molecule has 2 aliphatic rings. The molecule has 2 unspecified atom stereocenters. The van der Waals surface area contributed by atoms with Crippen molar-refractivity contribution in [2.45, 2.75) is 57.3 Å². The van der Waals surface area contributed by atoms with Gasteiger partial charge in [-0.3, -0.25) is 0 Å². The number of rotatable bonds is 3. The van der Waals surface area contributed by atoms with Gasteiger partial charge in [-0.05, 0) is 50.7 Å². The topological polar surface area (TPSA) is 49.2 Å². The van der Waals surface area contributed by atoms with Gasteiger partial charge in [0.2, 0.25) is 0 Å². The van der Waals surface area contributed by atoms with Crippen molar-refractivity contribution in [3.05, 3.63) is 24.2 Å². The first-order chi connectivity index (χ1) is 10.9. The first kappa shape index (κ1) is 14.2. The van der Waals surface area contributed by atoms with Crippen molar-refractivity contribution < 1.29 is 9.47 Å². The number of pyridine rings is 1. The summed E-state index contributed by atoms with van der Waals surface area (Å²) in [6.07, 6.45) is 9.18.